The number of rotatable bonds is 16. The first kappa shape index (κ1) is 30.1. The van der Waals surface area contributed by atoms with Gasteiger partial charge in [-0.2, -0.15) is 0 Å². The molecule has 0 aromatic heterocycles. The Labute approximate surface area is 227 Å². The summed E-state index contributed by atoms with van der Waals surface area (Å²) in [5.74, 6) is 0.252. The number of carbonyl (C=O) groups is 2. The summed E-state index contributed by atoms with van der Waals surface area (Å²) >= 11 is 0. The standard InChI is InChI=1S/C33H54O4/c1-6-7-8-9-10-11-12-13-14-15-16-17-18-19-20-22-27(34)36-25-26-32(4)24-21-23-31(2,3)29(32)28(35)30-33(26,5)37-30/h10-11,13-14,26,29-30H,6-9,12,15-25H2,1-5H3. The van der Waals surface area contributed by atoms with Crippen LogP contribution < -0.4 is 0 Å². The highest BCUT2D eigenvalue weighted by Crippen LogP contribution is 2.66. The predicted molar refractivity (Wildman–Crippen MR) is 151 cm³/mol. The number of ether oxygens (including phenoxy) is 2. The quantitative estimate of drug-likeness (QED) is 0.0896. The van der Waals surface area contributed by atoms with Gasteiger partial charge in [0.25, 0.3) is 0 Å². The van der Waals surface area contributed by atoms with E-state index in [9.17, 15) is 9.59 Å². The van der Waals surface area contributed by atoms with E-state index < -0.39 is 5.60 Å². The van der Waals surface area contributed by atoms with Gasteiger partial charge in [-0.3, -0.25) is 9.59 Å². The summed E-state index contributed by atoms with van der Waals surface area (Å²) < 4.78 is 11.9. The van der Waals surface area contributed by atoms with Crippen molar-refractivity contribution >= 4 is 11.8 Å². The minimum atomic E-state index is -0.463. The minimum Gasteiger partial charge on any atom is -0.465 e. The van der Waals surface area contributed by atoms with Crippen LogP contribution in [0.1, 0.15) is 131 Å². The van der Waals surface area contributed by atoms with Crippen molar-refractivity contribution in [2.45, 2.75) is 143 Å². The van der Waals surface area contributed by atoms with Crippen molar-refractivity contribution in [2.24, 2.45) is 22.7 Å². The van der Waals surface area contributed by atoms with Gasteiger partial charge in [-0.25, -0.2) is 0 Å². The maximum atomic E-state index is 13.2. The van der Waals surface area contributed by atoms with Crippen LogP contribution in [0, 0.1) is 22.7 Å². The van der Waals surface area contributed by atoms with Crippen molar-refractivity contribution in [1.29, 1.82) is 0 Å². The van der Waals surface area contributed by atoms with Crippen LogP contribution in [0.2, 0.25) is 0 Å². The van der Waals surface area contributed by atoms with E-state index in [2.05, 4.69) is 58.9 Å². The Kier molecular flexibility index (Phi) is 11.1. The summed E-state index contributed by atoms with van der Waals surface area (Å²) in [6, 6.07) is 0. The van der Waals surface area contributed by atoms with Crippen molar-refractivity contribution in [2.75, 3.05) is 6.61 Å². The van der Waals surface area contributed by atoms with Gasteiger partial charge in [-0.15, -0.1) is 0 Å². The van der Waals surface area contributed by atoms with Gasteiger partial charge in [0.2, 0.25) is 0 Å². The van der Waals surface area contributed by atoms with Crippen LogP contribution in [-0.2, 0) is 19.1 Å². The van der Waals surface area contributed by atoms with Crippen LogP contribution in [0.25, 0.3) is 0 Å². The van der Waals surface area contributed by atoms with E-state index in [-0.39, 0.29) is 40.5 Å². The van der Waals surface area contributed by atoms with Crippen molar-refractivity contribution in [3.05, 3.63) is 24.3 Å². The zero-order valence-corrected chi connectivity index (χ0v) is 24.5. The third-order valence-corrected chi connectivity index (χ3v) is 9.59. The maximum absolute atomic E-state index is 13.2. The molecule has 210 valence electrons. The molecule has 2 saturated carbocycles. The van der Waals surface area contributed by atoms with E-state index in [0.29, 0.717) is 13.0 Å². The number of hydrogen-bond donors (Lipinski definition) is 0. The van der Waals surface area contributed by atoms with Crippen molar-refractivity contribution in [3.8, 4) is 0 Å². The maximum Gasteiger partial charge on any atom is 0.305 e. The van der Waals surface area contributed by atoms with Gasteiger partial charge in [0.1, 0.15) is 11.7 Å². The van der Waals surface area contributed by atoms with Gasteiger partial charge < -0.3 is 9.47 Å². The molecular formula is C33H54O4. The molecule has 5 atom stereocenters. The SMILES string of the molecule is CCCCCC=CCC=CCCCCCCCC(=O)OCC1C2(C)CCCC(C)(C)C2C(=O)C2OC21C. The second-order valence-electron chi connectivity index (χ2n) is 13.1. The predicted octanol–water partition coefficient (Wildman–Crippen LogP) is 8.53. The van der Waals surface area contributed by atoms with Gasteiger partial charge in [0.05, 0.1) is 6.61 Å². The molecular weight excluding hydrogens is 460 g/mol. The number of hydrogen-bond acceptors (Lipinski definition) is 4. The summed E-state index contributed by atoms with van der Waals surface area (Å²) in [5.41, 5.74) is -0.657. The number of allylic oxidation sites excluding steroid dienone is 4. The molecule has 0 aromatic carbocycles. The fraction of sp³-hybridized carbons (Fsp3) is 0.818. The lowest BCUT2D eigenvalue weighted by Crippen LogP contribution is -2.60. The molecule has 1 saturated heterocycles. The van der Waals surface area contributed by atoms with Crippen LogP contribution in [0.3, 0.4) is 0 Å². The number of esters is 1. The molecule has 4 heteroatoms. The average molecular weight is 515 g/mol. The Morgan fingerprint density at radius 2 is 1.57 bits per heavy atom. The van der Waals surface area contributed by atoms with Crippen LogP contribution >= 0.6 is 0 Å². The summed E-state index contributed by atoms with van der Waals surface area (Å²) in [7, 11) is 0. The molecule has 0 amide bonds. The molecule has 3 fully saturated rings. The van der Waals surface area contributed by atoms with Crippen molar-refractivity contribution < 1.29 is 19.1 Å². The topological polar surface area (TPSA) is 55.9 Å². The van der Waals surface area contributed by atoms with E-state index in [1.807, 2.05) is 0 Å². The number of carbonyl (C=O) groups excluding carboxylic acids is 2. The molecule has 1 aliphatic heterocycles. The van der Waals surface area contributed by atoms with Crippen LogP contribution in [0.4, 0.5) is 0 Å². The summed E-state index contributed by atoms with van der Waals surface area (Å²) in [6.07, 6.45) is 25.5. The molecule has 0 aromatic rings. The Morgan fingerprint density at radius 1 is 0.919 bits per heavy atom. The zero-order chi connectivity index (χ0) is 26.9. The molecule has 0 spiro atoms. The molecule has 1 heterocycles. The van der Waals surface area contributed by atoms with E-state index >= 15 is 0 Å². The Bertz CT molecular complexity index is 811. The lowest BCUT2D eigenvalue weighted by Gasteiger charge is -2.56. The van der Waals surface area contributed by atoms with Crippen molar-refractivity contribution in [1.82, 2.24) is 0 Å². The largest absolute Gasteiger partial charge is 0.465 e. The van der Waals surface area contributed by atoms with Crippen molar-refractivity contribution in [3.63, 3.8) is 0 Å². The van der Waals surface area contributed by atoms with Crippen LogP contribution in [0.5, 0.6) is 0 Å². The normalized spacial score (nSPS) is 32.5. The number of Topliss-reactive ketones (excluding diaryl/α,β-unsaturated/α-hetero) is 1. The monoisotopic (exact) mass is 514 g/mol. The van der Waals surface area contributed by atoms with Gasteiger partial charge >= 0.3 is 5.97 Å². The highest BCUT2D eigenvalue weighted by atomic mass is 16.6. The van der Waals surface area contributed by atoms with Gasteiger partial charge in [-0.05, 0) is 69.1 Å². The minimum absolute atomic E-state index is 0.0140. The second kappa shape index (κ2) is 13.6. The fourth-order valence-electron chi connectivity index (χ4n) is 7.51. The first-order valence-corrected chi connectivity index (χ1v) is 15.3. The Balaban J connectivity index is 1.28. The third kappa shape index (κ3) is 7.58. The smallest absolute Gasteiger partial charge is 0.305 e. The van der Waals surface area contributed by atoms with Gasteiger partial charge in [0, 0.05) is 18.3 Å². The molecule has 5 unspecified atom stereocenters. The highest BCUT2D eigenvalue weighted by Gasteiger charge is 2.74. The fourth-order valence-corrected chi connectivity index (χ4v) is 7.51. The van der Waals surface area contributed by atoms with Crippen LogP contribution in [-0.4, -0.2) is 30.1 Å². The average Bonchev–Trinajstić information content (AvgIpc) is 3.53. The van der Waals surface area contributed by atoms with E-state index in [1.165, 1.54) is 44.9 Å². The molecule has 37 heavy (non-hydrogen) atoms. The van der Waals surface area contributed by atoms with Gasteiger partial charge in [0.15, 0.2) is 5.78 Å². The molecule has 0 bridgehead atoms. The third-order valence-electron chi connectivity index (χ3n) is 9.59. The van der Waals surface area contributed by atoms with Gasteiger partial charge in [-0.1, -0.05) is 90.5 Å². The first-order valence-electron chi connectivity index (χ1n) is 15.3. The number of unbranched alkanes of at least 4 members (excludes halogenated alkanes) is 8. The number of ketones is 1. The Hall–Kier alpha value is -1.42. The highest BCUT2D eigenvalue weighted by molar-refractivity contribution is 5.92. The van der Waals surface area contributed by atoms with E-state index in [4.69, 9.17) is 9.47 Å². The summed E-state index contributed by atoms with van der Waals surface area (Å²) in [4.78, 5) is 25.8. The Morgan fingerprint density at radius 3 is 2.27 bits per heavy atom. The summed E-state index contributed by atoms with van der Waals surface area (Å²) in [5, 5.41) is 0. The molecule has 3 aliphatic rings. The molecule has 2 aliphatic carbocycles. The lowest BCUT2D eigenvalue weighted by atomic mass is 9.46. The molecule has 3 rings (SSSR count). The van der Waals surface area contributed by atoms with E-state index in [0.717, 1.165) is 44.9 Å². The van der Waals surface area contributed by atoms with E-state index in [1.54, 1.807) is 0 Å². The van der Waals surface area contributed by atoms with Crippen LogP contribution in [0.15, 0.2) is 24.3 Å². The molecule has 0 radical (unpaired) electrons. The zero-order valence-electron chi connectivity index (χ0n) is 24.5. The molecule has 0 N–H and O–H groups in total. The lowest BCUT2D eigenvalue weighted by molar-refractivity contribution is -0.158. The molecule has 4 nitrogen and oxygen atoms in total. The second-order valence-corrected chi connectivity index (χ2v) is 13.1. The number of epoxide rings is 1. The number of fused-ring (bicyclic) bond motifs is 2. The summed E-state index contributed by atoms with van der Waals surface area (Å²) in [6.45, 7) is 11.4. The first-order chi connectivity index (χ1) is 17.7.